The first kappa shape index (κ1) is 13.1. The molecule has 16 heavy (non-hydrogen) atoms. The van der Waals surface area contributed by atoms with Gasteiger partial charge in [0.1, 0.15) is 0 Å². The summed E-state index contributed by atoms with van der Waals surface area (Å²) in [5.41, 5.74) is 0.374. The molecule has 0 atom stereocenters. The van der Waals surface area contributed by atoms with Crippen molar-refractivity contribution in [3.8, 4) is 11.5 Å². The SMILES string of the molecule is COc1cc(Cl)cc(C=O)c1OCCCCl. The molecule has 0 N–H and O–H groups in total. The first-order valence-electron chi connectivity index (χ1n) is 4.74. The zero-order valence-electron chi connectivity index (χ0n) is 8.83. The van der Waals surface area contributed by atoms with Crippen LogP contribution in [0.1, 0.15) is 16.8 Å². The van der Waals surface area contributed by atoms with E-state index < -0.39 is 0 Å². The van der Waals surface area contributed by atoms with E-state index in [1.54, 1.807) is 6.07 Å². The molecule has 0 fully saturated rings. The molecule has 0 amide bonds. The Morgan fingerprint density at radius 3 is 2.75 bits per heavy atom. The predicted molar refractivity (Wildman–Crippen MR) is 64.2 cm³/mol. The maximum atomic E-state index is 10.9. The smallest absolute Gasteiger partial charge is 0.171 e. The van der Waals surface area contributed by atoms with Crippen LogP contribution in [0.5, 0.6) is 11.5 Å². The van der Waals surface area contributed by atoms with E-state index in [0.29, 0.717) is 47.3 Å². The van der Waals surface area contributed by atoms with E-state index in [1.807, 2.05) is 0 Å². The largest absolute Gasteiger partial charge is 0.493 e. The summed E-state index contributed by atoms with van der Waals surface area (Å²) in [5.74, 6) is 1.36. The van der Waals surface area contributed by atoms with Crippen LogP contribution in [0.25, 0.3) is 0 Å². The fourth-order valence-electron chi connectivity index (χ4n) is 1.21. The summed E-state index contributed by atoms with van der Waals surface area (Å²) >= 11 is 11.4. The number of aldehydes is 1. The van der Waals surface area contributed by atoms with E-state index in [-0.39, 0.29) is 0 Å². The molecular formula is C11H12Cl2O3. The van der Waals surface area contributed by atoms with Gasteiger partial charge >= 0.3 is 0 Å². The van der Waals surface area contributed by atoms with Gasteiger partial charge < -0.3 is 9.47 Å². The Balaban J connectivity index is 2.97. The van der Waals surface area contributed by atoms with E-state index in [0.717, 1.165) is 0 Å². The first-order chi connectivity index (χ1) is 7.72. The van der Waals surface area contributed by atoms with Gasteiger partial charge in [0.15, 0.2) is 17.8 Å². The number of carbonyl (C=O) groups is 1. The average Bonchev–Trinajstić information content (AvgIpc) is 2.30. The minimum Gasteiger partial charge on any atom is -0.493 e. The minimum absolute atomic E-state index is 0.374. The molecule has 0 aliphatic carbocycles. The number of carbonyl (C=O) groups excluding carboxylic acids is 1. The van der Waals surface area contributed by atoms with Gasteiger partial charge in [-0.1, -0.05) is 11.6 Å². The molecule has 0 heterocycles. The van der Waals surface area contributed by atoms with Gasteiger partial charge in [-0.2, -0.15) is 0 Å². The zero-order valence-corrected chi connectivity index (χ0v) is 10.3. The first-order valence-corrected chi connectivity index (χ1v) is 5.65. The predicted octanol–water partition coefficient (Wildman–Crippen LogP) is 3.17. The van der Waals surface area contributed by atoms with E-state index in [2.05, 4.69) is 0 Å². The third-order valence-corrected chi connectivity index (χ3v) is 2.41. The van der Waals surface area contributed by atoms with E-state index >= 15 is 0 Å². The van der Waals surface area contributed by atoms with Crippen LogP contribution in [0.3, 0.4) is 0 Å². The number of ether oxygens (including phenoxy) is 2. The second kappa shape index (κ2) is 6.61. The molecule has 0 spiro atoms. The standard InChI is InChI=1S/C11H12Cl2O3/c1-15-10-6-9(13)5-8(7-14)11(10)16-4-2-3-12/h5-7H,2-4H2,1H3. The van der Waals surface area contributed by atoms with Gasteiger partial charge in [-0.15, -0.1) is 11.6 Å². The molecule has 0 unspecified atom stereocenters. The van der Waals surface area contributed by atoms with E-state index in [1.165, 1.54) is 13.2 Å². The van der Waals surface area contributed by atoms with Gasteiger partial charge in [0.2, 0.25) is 0 Å². The molecule has 0 saturated heterocycles. The summed E-state index contributed by atoms with van der Waals surface area (Å²) in [6.07, 6.45) is 1.38. The minimum atomic E-state index is 0.374. The van der Waals surface area contributed by atoms with Crippen LogP contribution in [0.4, 0.5) is 0 Å². The van der Waals surface area contributed by atoms with Crippen LogP contribution in [0.2, 0.25) is 5.02 Å². The summed E-state index contributed by atoms with van der Waals surface area (Å²) < 4.78 is 10.5. The quantitative estimate of drug-likeness (QED) is 0.449. The molecule has 1 aromatic rings. The van der Waals surface area contributed by atoms with Crippen molar-refractivity contribution in [3.05, 3.63) is 22.7 Å². The molecule has 0 aliphatic rings. The second-order valence-corrected chi connectivity index (χ2v) is 3.85. The Kier molecular flexibility index (Phi) is 5.43. The summed E-state index contributed by atoms with van der Waals surface area (Å²) in [4.78, 5) is 10.9. The molecule has 3 nitrogen and oxygen atoms in total. The third kappa shape index (κ3) is 3.29. The van der Waals surface area contributed by atoms with Gasteiger partial charge in [-0.3, -0.25) is 4.79 Å². The molecule has 0 aromatic heterocycles. The van der Waals surface area contributed by atoms with Crippen LogP contribution >= 0.6 is 23.2 Å². The fourth-order valence-corrected chi connectivity index (χ4v) is 1.54. The Labute approximate surface area is 104 Å². The van der Waals surface area contributed by atoms with Gasteiger partial charge in [0, 0.05) is 17.0 Å². The van der Waals surface area contributed by atoms with Crippen molar-refractivity contribution < 1.29 is 14.3 Å². The molecule has 1 aromatic carbocycles. The molecular weight excluding hydrogens is 251 g/mol. The molecule has 0 bridgehead atoms. The Morgan fingerprint density at radius 1 is 1.44 bits per heavy atom. The number of methoxy groups -OCH3 is 1. The van der Waals surface area contributed by atoms with Crippen molar-refractivity contribution in [1.29, 1.82) is 0 Å². The van der Waals surface area contributed by atoms with Gasteiger partial charge in [0.05, 0.1) is 19.3 Å². The second-order valence-electron chi connectivity index (χ2n) is 3.04. The van der Waals surface area contributed by atoms with Crippen LogP contribution in [-0.2, 0) is 0 Å². The molecule has 1 rings (SSSR count). The summed E-state index contributed by atoms with van der Waals surface area (Å²) in [6.45, 7) is 0.433. The highest BCUT2D eigenvalue weighted by molar-refractivity contribution is 6.31. The third-order valence-electron chi connectivity index (χ3n) is 1.92. The molecule has 5 heteroatoms. The molecule has 0 saturated carbocycles. The molecule has 0 radical (unpaired) electrons. The molecule has 88 valence electrons. The number of hydrogen-bond donors (Lipinski definition) is 0. The van der Waals surface area contributed by atoms with E-state index in [4.69, 9.17) is 32.7 Å². The maximum Gasteiger partial charge on any atom is 0.171 e. The van der Waals surface area contributed by atoms with E-state index in [9.17, 15) is 4.79 Å². The number of hydrogen-bond acceptors (Lipinski definition) is 3. The van der Waals surface area contributed by atoms with Crippen molar-refractivity contribution in [1.82, 2.24) is 0 Å². The lowest BCUT2D eigenvalue weighted by Crippen LogP contribution is -2.02. The van der Waals surface area contributed by atoms with Crippen LogP contribution in [0, 0.1) is 0 Å². The van der Waals surface area contributed by atoms with Gasteiger partial charge in [0.25, 0.3) is 0 Å². The monoisotopic (exact) mass is 262 g/mol. The highest BCUT2D eigenvalue weighted by atomic mass is 35.5. The van der Waals surface area contributed by atoms with Crippen molar-refractivity contribution in [3.63, 3.8) is 0 Å². The van der Waals surface area contributed by atoms with Crippen molar-refractivity contribution in [2.45, 2.75) is 6.42 Å². The Morgan fingerprint density at radius 2 is 2.19 bits per heavy atom. The number of benzene rings is 1. The summed E-state index contributed by atoms with van der Waals surface area (Å²) in [7, 11) is 1.49. The number of rotatable bonds is 6. The topological polar surface area (TPSA) is 35.5 Å². The fraction of sp³-hybridized carbons (Fsp3) is 0.364. The van der Waals surface area contributed by atoms with Crippen LogP contribution in [-0.4, -0.2) is 25.9 Å². The lowest BCUT2D eigenvalue weighted by molar-refractivity contribution is 0.111. The Bertz CT molecular complexity index is 366. The normalized spacial score (nSPS) is 9.94. The zero-order chi connectivity index (χ0) is 12.0. The van der Waals surface area contributed by atoms with Crippen LogP contribution < -0.4 is 9.47 Å². The van der Waals surface area contributed by atoms with Gasteiger partial charge in [-0.05, 0) is 12.5 Å². The van der Waals surface area contributed by atoms with Crippen molar-refractivity contribution >= 4 is 29.5 Å². The summed E-state index contributed by atoms with van der Waals surface area (Å²) in [6, 6.07) is 3.14. The highest BCUT2D eigenvalue weighted by Crippen LogP contribution is 2.33. The lowest BCUT2D eigenvalue weighted by Gasteiger charge is -2.12. The number of alkyl halides is 1. The Hall–Kier alpha value is -0.930. The molecule has 0 aliphatic heterocycles. The van der Waals surface area contributed by atoms with Crippen molar-refractivity contribution in [2.75, 3.05) is 19.6 Å². The average molecular weight is 263 g/mol. The van der Waals surface area contributed by atoms with Gasteiger partial charge in [-0.25, -0.2) is 0 Å². The van der Waals surface area contributed by atoms with Crippen LogP contribution in [0.15, 0.2) is 12.1 Å². The lowest BCUT2D eigenvalue weighted by atomic mass is 10.2. The van der Waals surface area contributed by atoms with Crippen molar-refractivity contribution in [2.24, 2.45) is 0 Å². The summed E-state index contributed by atoms with van der Waals surface area (Å²) in [5, 5.41) is 0.434. The number of halogens is 2. The highest BCUT2D eigenvalue weighted by Gasteiger charge is 2.12. The maximum absolute atomic E-state index is 10.9.